The molecule has 24 heavy (non-hydrogen) atoms. The Labute approximate surface area is 143 Å². The lowest BCUT2D eigenvalue weighted by Crippen LogP contribution is -2.32. The molecule has 0 N–H and O–H groups in total. The summed E-state index contributed by atoms with van der Waals surface area (Å²) in [6.07, 6.45) is 0.787. The number of carbonyl (C=O) groups is 1. The minimum atomic E-state index is -3.49. The van der Waals surface area contributed by atoms with Gasteiger partial charge in [-0.2, -0.15) is 4.31 Å². The van der Waals surface area contributed by atoms with E-state index in [4.69, 9.17) is 0 Å². The third kappa shape index (κ3) is 2.46. The lowest BCUT2D eigenvalue weighted by Gasteiger charge is -2.20. The van der Waals surface area contributed by atoms with Gasteiger partial charge in [-0.25, -0.2) is 8.42 Å². The molecule has 3 aliphatic rings. The Morgan fingerprint density at radius 2 is 1.79 bits per heavy atom. The average Bonchev–Trinajstić information content (AvgIpc) is 3.17. The van der Waals surface area contributed by atoms with Gasteiger partial charge in [0.15, 0.2) is 0 Å². The number of hydrogen-bond donors (Lipinski definition) is 0. The molecule has 3 aliphatic heterocycles. The number of nitrogens with zero attached hydrogens (tertiary/aromatic N) is 3. The van der Waals surface area contributed by atoms with Gasteiger partial charge in [0, 0.05) is 45.3 Å². The van der Waals surface area contributed by atoms with Crippen molar-refractivity contribution in [2.75, 3.05) is 44.7 Å². The normalized spacial score (nSPS) is 27.5. The van der Waals surface area contributed by atoms with Crippen LogP contribution in [-0.2, 0) is 21.2 Å². The molecule has 0 unspecified atom stereocenters. The van der Waals surface area contributed by atoms with Crippen LogP contribution >= 0.6 is 0 Å². The van der Waals surface area contributed by atoms with Gasteiger partial charge in [-0.05, 0) is 43.0 Å². The zero-order valence-corrected chi connectivity index (χ0v) is 14.9. The second-order valence-electron chi connectivity index (χ2n) is 7.27. The number of carbonyl (C=O) groups excluding carboxylic acids is 1. The number of sulfonamides is 1. The Morgan fingerprint density at radius 1 is 1.12 bits per heavy atom. The Hall–Kier alpha value is -1.44. The van der Waals surface area contributed by atoms with Crippen molar-refractivity contribution in [1.82, 2.24) is 9.21 Å². The monoisotopic (exact) mass is 349 g/mol. The van der Waals surface area contributed by atoms with E-state index in [0.717, 1.165) is 30.8 Å². The summed E-state index contributed by atoms with van der Waals surface area (Å²) in [5.74, 6) is 0.836. The van der Waals surface area contributed by atoms with Crippen LogP contribution in [0.1, 0.15) is 12.5 Å². The van der Waals surface area contributed by atoms with Crippen molar-refractivity contribution in [2.24, 2.45) is 11.8 Å². The van der Waals surface area contributed by atoms with Crippen molar-refractivity contribution in [3.8, 4) is 0 Å². The summed E-state index contributed by atoms with van der Waals surface area (Å²) in [4.78, 5) is 16.0. The Morgan fingerprint density at radius 3 is 2.42 bits per heavy atom. The molecule has 0 aromatic heterocycles. The Balaban J connectivity index is 1.62. The maximum atomic E-state index is 13.0. The third-order valence-corrected chi connectivity index (χ3v) is 7.43. The minimum Gasteiger partial charge on any atom is -0.312 e. The van der Waals surface area contributed by atoms with Gasteiger partial charge in [0.2, 0.25) is 15.9 Å². The Kier molecular flexibility index (Phi) is 3.71. The van der Waals surface area contributed by atoms with Crippen LogP contribution in [0.15, 0.2) is 23.1 Å². The van der Waals surface area contributed by atoms with Gasteiger partial charge in [-0.1, -0.05) is 6.07 Å². The predicted octanol–water partition coefficient (Wildman–Crippen LogP) is 0.778. The molecule has 2 atom stereocenters. The molecule has 6 nitrogen and oxygen atoms in total. The van der Waals surface area contributed by atoms with E-state index in [0.29, 0.717) is 36.4 Å². The molecule has 0 bridgehead atoms. The molecule has 2 saturated heterocycles. The summed E-state index contributed by atoms with van der Waals surface area (Å²) >= 11 is 0. The van der Waals surface area contributed by atoms with Crippen molar-refractivity contribution in [2.45, 2.75) is 18.2 Å². The molecule has 1 aromatic rings. The molecule has 1 amide bonds. The number of amides is 1. The van der Waals surface area contributed by atoms with Crippen LogP contribution in [0, 0.1) is 11.8 Å². The number of rotatable bonds is 2. The van der Waals surface area contributed by atoms with E-state index in [-0.39, 0.29) is 5.91 Å². The quantitative estimate of drug-likeness (QED) is 0.792. The van der Waals surface area contributed by atoms with E-state index < -0.39 is 10.0 Å². The van der Waals surface area contributed by atoms with Gasteiger partial charge >= 0.3 is 0 Å². The summed E-state index contributed by atoms with van der Waals surface area (Å²) in [6.45, 7) is 5.30. The predicted molar refractivity (Wildman–Crippen MR) is 91.4 cm³/mol. The highest BCUT2D eigenvalue weighted by molar-refractivity contribution is 7.89. The maximum Gasteiger partial charge on any atom is 0.243 e. The van der Waals surface area contributed by atoms with E-state index >= 15 is 0 Å². The fourth-order valence-corrected chi connectivity index (χ4v) is 5.95. The number of benzene rings is 1. The van der Waals surface area contributed by atoms with Gasteiger partial charge in [0.05, 0.1) is 4.90 Å². The van der Waals surface area contributed by atoms with E-state index in [1.54, 1.807) is 21.3 Å². The summed E-state index contributed by atoms with van der Waals surface area (Å²) in [5.41, 5.74) is 1.80. The smallest absolute Gasteiger partial charge is 0.243 e. The minimum absolute atomic E-state index is 0.0398. The van der Waals surface area contributed by atoms with Crippen LogP contribution in [-0.4, -0.2) is 63.3 Å². The molecule has 0 radical (unpaired) electrons. The van der Waals surface area contributed by atoms with Gasteiger partial charge in [0.25, 0.3) is 0 Å². The highest BCUT2D eigenvalue weighted by Gasteiger charge is 2.43. The zero-order chi connectivity index (χ0) is 17.1. The molecule has 2 fully saturated rings. The van der Waals surface area contributed by atoms with Gasteiger partial charge < -0.3 is 9.80 Å². The summed E-state index contributed by atoms with van der Waals surface area (Å²) in [6, 6.07) is 5.23. The van der Waals surface area contributed by atoms with Gasteiger partial charge in [-0.3, -0.25) is 4.79 Å². The highest BCUT2D eigenvalue weighted by Crippen LogP contribution is 2.36. The SMILES string of the molecule is CC(=O)N1CCc2ccc(S(=O)(=O)N3C[C@H]4CN(C)C[C@H]4C3)cc21. The van der Waals surface area contributed by atoms with E-state index in [1.165, 1.54) is 6.92 Å². The molecule has 7 heteroatoms. The lowest BCUT2D eigenvalue weighted by atomic mass is 10.0. The van der Waals surface area contributed by atoms with Crippen molar-refractivity contribution in [3.63, 3.8) is 0 Å². The van der Waals surface area contributed by atoms with Crippen LogP contribution in [0.5, 0.6) is 0 Å². The number of hydrogen-bond acceptors (Lipinski definition) is 4. The third-order valence-electron chi connectivity index (χ3n) is 5.61. The molecule has 0 spiro atoms. The van der Waals surface area contributed by atoms with E-state index in [9.17, 15) is 13.2 Å². The van der Waals surface area contributed by atoms with Crippen molar-refractivity contribution >= 4 is 21.6 Å². The van der Waals surface area contributed by atoms with Gasteiger partial charge in [-0.15, -0.1) is 0 Å². The van der Waals surface area contributed by atoms with Crippen LogP contribution in [0.4, 0.5) is 5.69 Å². The number of anilines is 1. The molecular weight excluding hydrogens is 326 g/mol. The fraction of sp³-hybridized carbons (Fsp3) is 0.588. The highest BCUT2D eigenvalue weighted by atomic mass is 32.2. The summed E-state index contributed by atoms with van der Waals surface area (Å²) < 4.78 is 27.7. The van der Waals surface area contributed by atoms with Crippen molar-refractivity contribution in [3.05, 3.63) is 23.8 Å². The molecule has 0 saturated carbocycles. The summed E-state index contributed by atoms with van der Waals surface area (Å²) in [7, 11) is -1.40. The van der Waals surface area contributed by atoms with Crippen LogP contribution < -0.4 is 4.90 Å². The zero-order valence-electron chi connectivity index (χ0n) is 14.1. The van der Waals surface area contributed by atoms with Crippen LogP contribution in [0.3, 0.4) is 0 Å². The van der Waals surface area contributed by atoms with Gasteiger partial charge in [0.1, 0.15) is 0 Å². The largest absolute Gasteiger partial charge is 0.312 e. The second kappa shape index (κ2) is 5.54. The first-order valence-corrected chi connectivity index (χ1v) is 9.90. The van der Waals surface area contributed by atoms with Crippen molar-refractivity contribution in [1.29, 1.82) is 0 Å². The second-order valence-corrected chi connectivity index (χ2v) is 9.21. The number of likely N-dealkylation sites (tertiary alicyclic amines) is 1. The molecular formula is C17H23N3O3S. The summed E-state index contributed by atoms with van der Waals surface area (Å²) in [5, 5.41) is 0. The van der Waals surface area contributed by atoms with Crippen molar-refractivity contribution < 1.29 is 13.2 Å². The number of fused-ring (bicyclic) bond motifs is 2. The Bertz CT molecular complexity index is 778. The fourth-order valence-electron chi connectivity index (χ4n) is 4.38. The average molecular weight is 349 g/mol. The molecule has 1 aromatic carbocycles. The topological polar surface area (TPSA) is 60.9 Å². The maximum absolute atomic E-state index is 13.0. The first kappa shape index (κ1) is 16.1. The molecule has 0 aliphatic carbocycles. The first-order valence-electron chi connectivity index (χ1n) is 8.46. The molecule has 4 rings (SSSR count). The molecule has 130 valence electrons. The molecule has 3 heterocycles. The van der Waals surface area contributed by atoms with Crippen LogP contribution in [0.2, 0.25) is 0 Å². The standard InChI is InChI=1S/C17H23N3O3S/c1-12(21)20-6-5-13-3-4-16(7-17(13)20)24(22,23)19-10-14-8-18(2)9-15(14)11-19/h3-4,7,14-15H,5-6,8-11H2,1-2H3/t14-,15+. The van der Waals surface area contributed by atoms with E-state index in [1.807, 2.05) is 6.07 Å². The van der Waals surface area contributed by atoms with E-state index in [2.05, 4.69) is 11.9 Å². The van der Waals surface area contributed by atoms with Crippen LogP contribution in [0.25, 0.3) is 0 Å². The lowest BCUT2D eigenvalue weighted by molar-refractivity contribution is -0.116. The first-order chi connectivity index (χ1) is 11.4.